The molecule has 0 aliphatic heterocycles. The van der Waals surface area contributed by atoms with Gasteiger partial charge in [-0.15, -0.1) is 0 Å². The van der Waals surface area contributed by atoms with Crippen LogP contribution < -0.4 is 10.6 Å². The lowest BCUT2D eigenvalue weighted by Crippen LogP contribution is -2.35. The number of halogens is 1. The molecule has 0 spiro atoms. The van der Waals surface area contributed by atoms with Crippen molar-refractivity contribution in [3.8, 4) is 0 Å². The van der Waals surface area contributed by atoms with Crippen molar-refractivity contribution >= 4 is 28.8 Å². The Labute approximate surface area is 111 Å². The highest BCUT2D eigenvalue weighted by atomic mass is 32.1. The van der Waals surface area contributed by atoms with E-state index < -0.39 is 5.82 Å². The third kappa shape index (κ3) is 3.16. The number of benzene rings is 1. The molecule has 4 nitrogen and oxygen atoms in total. The minimum absolute atomic E-state index is 0.0211. The van der Waals surface area contributed by atoms with Crippen LogP contribution in [0, 0.1) is 5.82 Å². The zero-order chi connectivity index (χ0) is 13.9. The third-order valence-corrected chi connectivity index (χ3v) is 2.72. The lowest BCUT2D eigenvalue weighted by Gasteiger charge is -2.23. The molecule has 2 N–H and O–H groups in total. The maximum absolute atomic E-state index is 13.7. The van der Waals surface area contributed by atoms with Gasteiger partial charge in [0.05, 0.1) is 17.8 Å². The van der Waals surface area contributed by atoms with Crippen molar-refractivity contribution in [2.45, 2.75) is 0 Å². The quantitative estimate of drug-likeness (QED) is 0.828. The number of carbonyl (C=O) groups excluding carboxylic acids is 1. The molecule has 6 heteroatoms. The highest BCUT2D eigenvalue weighted by Crippen LogP contribution is 2.22. The number of nitrogens with two attached hydrogens (primary N) is 1. The number of rotatable bonds is 4. The molecule has 0 atom stereocenters. The van der Waals surface area contributed by atoms with E-state index in [0.29, 0.717) is 5.69 Å². The van der Waals surface area contributed by atoms with Gasteiger partial charge in [-0.1, -0.05) is 18.3 Å². The lowest BCUT2D eigenvalue weighted by molar-refractivity contribution is -0.127. The Bertz CT molecular complexity index is 476. The standard InChI is InChI=1S/C12H16FN3OS/c1-15(2)10(17)7-16(3)9-6-4-5-8(13)11(9)12(14)18/h4-6H,7H2,1-3H3,(H2,14,18). The molecule has 1 aromatic rings. The van der Waals surface area contributed by atoms with Gasteiger partial charge in [-0.2, -0.15) is 0 Å². The summed E-state index contributed by atoms with van der Waals surface area (Å²) in [5, 5.41) is 0. The fourth-order valence-electron chi connectivity index (χ4n) is 1.50. The van der Waals surface area contributed by atoms with Crippen LogP contribution in [0.5, 0.6) is 0 Å². The van der Waals surface area contributed by atoms with E-state index in [4.69, 9.17) is 18.0 Å². The second-order valence-electron chi connectivity index (χ2n) is 4.14. The van der Waals surface area contributed by atoms with Crippen LogP contribution in [0.2, 0.25) is 0 Å². The van der Waals surface area contributed by atoms with Crippen molar-refractivity contribution in [3.05, 3.63) is 29.6 Å². The molecular formula is C12H16FN3OS. The highest BCUT2D eigenvalue weighted by Gasteiger charge is 2.16. The summed E-state index contributed by atoms with van der Waals surface area (Å²) in [6, 6.07) is 4.53. The fraction of sp³-hybridized carbons (Fsp3) is 0.333. The second-order valence-corrected chi connectivity index (χ2v) is 4.58. The summed E-state index contributed by atoms with van der Waals surface area (Å²) >= 11 is 4.84. The second kappa shape index (κ2) is 5.77. The summed E-state index contributed by atoms with van der Waals surface area (Å²) in [6.45, 7) is 0.131. The van der Waals surface area contributed by atoms with E-state index >= 15 is 0 Å². The van der Waals surface area contributed by atoms with Gasteiger partial charge in [0.15, 0.2) is 0 Å². The SMILES string of the molecule is CN(C)C(=O)CN(C)c1cccc(F)c1C(N)=S. The molecule has 0 aliphatic carbocycles. The van der Waals surface area contributed by atoms with E-state index in [1.807, 2.05) is 0 Å². The molecule has 98 valence electrons. The molecule has 0 saturated carbocycles. The van der Waals surface area contributed by atoms with Crippen LogP contribution in [0.15, 0.2) is 18.2 Å². The largest absolute Gasteiger partial charge is 0.389 e. The Morgan fingerprint density at radius 1 is 1.39 bits per heavy atom. The predicted octanol–water partition coefficient (Wildman–Crippen LogP) is 0.984. The molecule has 0 fully saturated rings. The van der Waals surface area contributed by atoms with E-state index in [1.54, 1.807) is 38.2 Å². The van der Waals surface area contributed by atoms with Crippen LogP contribution >= 0.6 is 12.2 Å². The summed E-state index contributed by atoms with van der Waals surface area (Å²) in [4.78, 5) is 14.7. The first-order chi connectivity index (χ1) is 8.34. The van der Waals surface area contributed by atoms with Gasteiger partial charge in [0, 0.05) is 21.1 Å². The Kier molecular flexibility index (Phi) is 4.61. The lowest BCUT2D eigenvalue weighted by atomic mass is 10.1. The minimum Gasteiger partial charge on any atom is -0.389 e. The van der Waals surface area contributed by atoms with Crippen LogP contribution in [0.1, 0.15) is 5.56 Å². The van der Waals surface area contributed by atoms with Crippen molar-refractivity contribution in [3.63, 3.8) is 0 Å². The van der Waals surface area contributed by atoms with Crippen molar-refractivity contribution < 1.29 is 9.18 Å². The summed E-state index contributed by atoms with van der Waals surface area (Å²) in [5.74, 6) is -0.570. The first-order valence-corrected chi connectivity index (χ1v) is 5.75. The smallest absolute Gasteiger partial charge is 0.241 e. The monoisotopic (exact) mass is 269 g/mol. The predicted molar refractivity (Wildman–Crippen MR) is 74.3 cm³/mol. The van der Waals surface area contributed by atoms with E-state index in [9.17, 15) is 9.18 Å². The summed E-state index contributed by atoms with van der Waals surface area (Å²) in [6.07, 6.45) is 0. The van der Waals surface area contributed by atoms with Gasteiger partial charge in [-0.05, 0) is 12.1 Å². The van der Waals surface area contributed by atoms with Gasteiger partial charge in [0.25, 0.3) is 0 Å². The maximum Gasteiger partial charge on any atom is 0.241 e. The van der Waals surface area contributed by atoms with Gasteiger partial charge in [-0.25, -0.2) is 4.39 Å². The zero-order valence-corrected chi connectivity index (χ0v) is 11.4. The number of amides is 1. The zero-order valence-electron chi connectivity index (χ0n) is 10.6. The number of thiocarbonyl (C=S) groups is 1. The molecule has 0 aliphatic rings. The Morgan fingerprint density at radius 3 is 2.50 bits per heavy atom. The van der Waals surface area contributed by atoms with E-state index in [-0.39, 0.29) is 23.0 Å². The van der Waals surface area contributed by atoms with Gasteiger partial charge in [0.2, 0.25) is 5.91 Å². The molecule has 0 aromatic heterocycles. The molecule has 1 rings (SSSR count). The van der Waals surface area contributed by atoms with Crippen LogP contribution in [-0.4, -0.2) is 43.5 Å². The Balaban J connectivity index is 3.06. The van der Waals surface area contributed by atoms with Crippen LogP contribution in [0.3, 0.4) is 0 Å². The van der Waals surface area contributed by atoms with Gasteiger partial charge < -0.3 is 15.5 Å². The fourth-order valence-corrected chi connectivity index (χ4v) is 1.71. The number of hydrogen-bond acceptors (Lipinski definition) is 3. The number of anilines is 1. The van der Waals surface area contributed by atoms with Gasteiger partial charge >= 0.3 is 0 Å². The van der Waals surface area contributed by atoms with E-state index in [0.717, 1.165) is 0 Å². The van der Waals surface area contributed by atoms with Crippen LogP contribution in [0.25, 0.3) is 0 Å². The molecule has 0 saturated heterocycles. The Hall–Kier alpha value is -1.69. The van der Waals surface area contributed by atoms with Crippen molar-refractivity contribution in [2.75, 3.05) is 32.6 Å². The molecule has 0 radical (unpaired) electrons. The number of hydrogen-bond donors (Lipinski definition) is 1. The normalized spacial score (nSPS) is 10.0. The molecule has 0 heterocycles. The average Bonchev–Trinajstić information content (AvgIpc) is 2.27. The summed E-state index contributed by atoms with van der Waals surface area (Å²) in [7, 11) is 5.02. The molecule has 18 heavy (non-hydrogen) atoms. The number of likely N-dealkylation sites (N-methyl/N-ethyl adjacent to an activating group) is 2. The van der Waals surface area contributed by atoms with Crippen LogP contribution in [0.4, 0.5) is 10.1 Å². The Morgan fingerprint density at radius 2 is 2.00 bits per heavy atom. The first-order valence-electron chi connectivity index (χ1n) is 5.34. The molecule has 0 unspecified atom stereocenters. The van der Waals surface area contributed by atoms with Gasteiger partial charge in [0.1, 0.15) is 10.8 Å². The van der Waals surface area contributed by atoms with Crippen molar-refractivity contribution in [1.29, 1.82) is 0 Å². The maximum atomic E-state index is 13.7. The highest BCUT2D eigenvalue weighted by molar-refractivity contribution is 7.80. The van der Waals surface area contributed by atoms with Crippen LogP contribution in [-0.2, 0) is 4.79 Å². The van der Waals surface area contributed by atoms with Crippen molar-refractivity contribution in [2.24, 2.45) is 5.73 Å². The number of carbonyl (C=O) groups is 1. The summed E-state index contributed by atoms with van der Waals surface area (Å²) in [5.41, 5.74) is 6.19. The molecule has 0 bridgehead atoms. The molecule has 1 aromatic carbocycles. The summed E-state index contributed by atoms with van der Waals surface area (Å²) < 4.78 is 13.7. The first kappa shape index (κ1) is 14.4. The van der Waals surface area contributed by atoms with E-state index in [2.05, 4.69) is 0 Å². The molecule has 1 amide bonds. The minimum atomic E-state index is -0.482. The van der Waals surface area contributed by atoms with E-state index in [1.165, 1.54) is 11.0 Å². The molecular weight excluding hydrogens is 253 g/mol. The average molecular weight is 269 g/mol. The third-order valence-electron chi connectivity index (χ3n) is 2.52. The number of nitrogens with zero attached hydrogens (tertiary/aromatic N) is 2. The van der Waals surface area contributed by atoms with Crippen molar-refractivity contribution in [1.82, 2.24) is 4.90 Å². The topological polar surface area (TPSA) is 49.6 Å². The van der Waals surface area contributed by atoms with Gasteiger partial charge in [-0.3, -0.25) is 4.79 Å².